The van der Waals surface area contributed by atoms with Crippen LogP contribution in [0.2, 0.25) is 0 Å². The van der Waals surface area contributed by atoms with Crippen molar-refractivity contribution >= 4 is 32.3 Å². The molecule has 0 aliphatic carbocycles. The van der Waals surface area contributed by atoms with Crippen LogP contribution in [-0.4, -0.2) is 0 Å². The van der Waals surface area contributed by atoms with Crippen molar-refractivity contribution in [2.45, 2.75) is 61.3 Å². The van der Waals surface area contributed by atoms with Gasteiger partial charge < -0.3 is 4.74 Å². The summed E-state index contributed by atoms with van der Waals surface area (Å²) in [5, 5.41) is 6.52. The fourth-order valence-corrected chi connectivity index (χ4v) is 6.26. The molecule has 4 aromatic carbocycles. The third-order valence-electron chi connectivity index (χ3n) is 7.72. The number of nitrogens with zero attached hydrogens (tertiary/aromatic N) is 1. The zero-order valence-corrected chi connectivity index (χ0v) is 23.8. The van der Waals surface area contributed by atoms with Gasteiger partial charge in [0, 0.05) is 17.0 Å². The maximum Gasteiger partial charge on any atom is 0.228 e. The van der Waals surface area contributed by atoms with Crippen molar-refractivity contribution in [1.29, 1.82) is 0 Å². The van der Waals surface area contributed by atoms with Crippen molar-refractivity contribution in [3.05, 3.63) is 77.2 Å². The van der Waals surface area contributed by atoms with E-state index in [0.717, 1.165) is 45.9 Å². The molecule has 5 aromatic rings. The smallest absolute Gasteiger partial charge is 0.228 e. The van der Waals surface area contributed by atoms with Gasteiger partial charge in [0.1, 0.15) is 24.4 Å². The van der Waals surface area contributed by atoms with E-state index < -0.39 is 0 Å². The highest BCUT2D eigenvalue weighted by Gasteiger charge is 2.35. The summed E-state index contributed by atoms with van der Waals surface area (Å²) in [4.78, 5) is 0. The van der Waals surface area contributed by atoms with E-state index in [1.807, 2.05) is 6.07 Å². The van der Waals surface area contributed by atoms with Crippen molar-refractivity contribution in [1.82, 2.24) is 0 Å². The molecule has 0 N–H and O–H groups in total. The topological polar surface area (TPSA) is 13.1 Å². The van der Waals surface area contributed by atoms with Gasteiger partial charge in [-0.15, -0.1) is 0 Å². The molecule has 1 aliphatic heterocycles. The first kappa shape index (κ1) is 24.9. The molecule has 2 nitrogen and oxygen atoms in total. The van der Waals surface area contributed by atoms with Crippen molar-refractivity contribution < 1.29 is 13.7 Å². The summed E-state index contributed by atoms with van der Waals surface area (Å²) >= 11 is 0. The third kappa shape index (κ3) is 4.04. The van der Waals surface area contributed by atoms with E-state index in [-0.39, 0.29) is 16.6 Å². The lowest BCUT2D eigenvalue weighted by Crippen LogP contribution is -2.32. The Hall–Kier alpha value is -3.46. The molecule has 0 fully saturated rings. The maximum atomic E-state index is 14.2. The van der Waals surface area contributed by atoms with E-state index >= 15 is 0 Å². The molecule has 3 heteroatoms. The summed E-state index contributed by atoms with van der Waals surface area (Å²) in [5.41, 5.74) is 6.48. The predicted octanol–water partition coefficient (Wildman–Crippen LogP) is 9.37. The first-order valence-electron chi connectivity index (χ1n) is 13.6. The van der Waals surface area contributed by atoms with Crippen molar-refractivity contribution in [3.63, 3.8) is 0 Å². The maximum absolute atomic E-state index is 14.2. The second kappa shape index (κ2) is 8.27. The Balaban J connectivity index is 1.76. The van der Waals surface area contributed by atoms with Gasteiger partial charge in [-0.3, -0.25) is 0 Å². The number of pyridine rings is 1. The molecule has 0 bridgehead atoms. The van der Waals surface area contributed by atoms with E-state index in [1.165, 1.54) is 44.8 Å². The number of halogens is 1. The van der Waals surface area contributed by atoms with E-state index in [2.05, 4.69) is 96.6 Å². The van der Waals surface area contributed by atoms with Gasteiger partial charge in [0.05, 0.1) is 10.9 Å². The number of hydrogen-bond acceptors (Lipinski definition) is 1. The minimum atomic E-state index is -0.233. The predicted molar refractivity (Wildman–Crippen MR) is 157 cm³/mol. The van der Waals surface area contributed by atoms with E-state index in [1.54, 1.807) is 6.07 Å². The number of aryl methyl sites for hydroxylation is 2. The Labute approximate surface area is 225 Å². The molecule has 0 amide bonds. The zero-order valence-electron chi connectivity index (χ0n) is 23.8. The lowest BCUT2D eigenvalue weighted by Gasteiger charge is -2.29. The molecule has 6 rings (SSSR count). The fourth-order valence-electron chi connectivity index (χ4n) is 6.26. The average Bonchev–Trinajstić information content (AvgIpc) is 2.81. The van der Waals surface area contributed by atoms with Crippen LogP contribution in [0.4, 0.5) is 4.39 Å². The third-order valence-corrected chi connectivity index (χ3v) is 7.72. The summed E-state index contributed by atoms with van der Waals surface area (Å²) in [6, 6.07) is 16.2. The summed E-state index contributed by atoms with van der Waals surface area (Å²) in [7, 11) is 2.12. The van der Waals surface area contributed by atoms with Crippen LogP contribution in [-0.2, 0) is 19.9 Å². The van der Waals surface area contributed by atoms with Crippen molar-refractivity contribution in [2.24, 2.45) is 17.9 Å². The van der Waals surface area contributed by atoms with Crippen LogP contribution in [0.5, 0.6) is 11.5 Å². The largest absolute Gasteiger partial charge is 0.455 e. The molecule has 0 atom stereocenters. The number of rotatable bonds is 2. The standard InChI is InChI=1S/C35H37FNO/c1-20-27-15-21(18-34(2,3)4)9-11-26(27)28(19-35(5,6)7)33-29(20)31-30-22(13-14-37(31)8)16-23-17-24(36)10-12-25(23)32(30)38-33/h9-17H,18-19H2,1-8H3/q+1. The summed E-state index contributed by atoms with van der Waals surface area (Å²) < 4.78 is 23.5. The molecule has 0 radical (unpaired) electrons. The van der Waals surface area contributed by atoms with Gasteiger partial charge in [0.25, 0.3) is 0 Å². The molecule has 0 spiro atoms. The van der Waals surface area contributed by atoms with Crippen molar-refractivity contribution in [3.8, 4) is 22.8 Å². The molecule has 2 heterocycles. The Morgan fingerprint density at radius 1 is 0.763 bits per heavy atom. The normalized spacial score (nSPS) is 13.3. The average molecular weight is 507 g/mol. The first-order valence-corrected chi connectivity index (χ1v) is 13.6. The van der Waals surface area contributed by atoms with Crippen LogP contribution in [0.15, 0.2) is 54.7 Å². The number of benzene rings is 4. The number of ether oxygens (including phenoxy) is 1. The van der Waals surface area contributed by atoms with E-state index in [9.17, 15) is 4.39 Å². The lowest BCUT2D eigenvalue weighted by molar-refractivity contribution is -0.659. The Morgan fingerprint density at radius 2 is 1.47 bits per heavy atom. The molecule has 1 aliphatic rings. The van der Waals surface area contributed by atoms with Gasteiger partial charge in [-0.25, -0.2) is 8.96 Å². The Morgan fingerprint density at radius 3 is 2.18 bits per heavy atom. The van der Waals surface area contributed by atoms with E-state index in [4.69, 9.17) is 4.74 Å². The van der Waals surface area contributed by atoms with Crippen LogP contribution in [0.3, 0.4) is 0 Å². The molecule has 0 saturated carbocycles. The summed E-state index contributed by atoms with van der Waals surface area (Å²) in [6.45, 7) is 16.0. The minimum absolute atomic E-state index is 0.0692. The number of fused-ring (bicyclic) bond motifs is 5. The first-order chi connectivity index (χ1) is 17.8. The van der Waals surface area contributed by atoms with Crippen LogP contribution in [0.1, 0.15) is 58.2 Å². The van der Waals surface area contributed by atoms with E-state index in [0.29, 0.717) is 0 Å². The van der Waals surface area contributed by atoms with Crippen LogP contribution in [0, 0.1) is 23.6 Å². The second-order valence-corrected chi connectivity index (χ2v) is 13.6. The van der Waals surface area contributed by atoms with Crippen LogP contribution >= 0.6 is 0 Å². The highest BCUT2D eigenvalue weighted by Crippen LogP contribution is 2.53. The van der Waals surface area contributed by atoms with Gasteiger partial charge >= 0.3 is 0 Å². The molecule has 194 valence electrons. The zero-order chi connectivity index (χ0) is 27.1. The SMILES string of the molecule is Cc1c2c(c(CC(C)(C)C)c3ccc(CC(C)(C)C)cc13)Oc1c3ccc(F)cc3cc3cc[n+](C)c-2c13. The Bertz CT molecular complexity index is 1780. The van der Waals surface area contributed by atoms with Gasteiger partial charge in [0.2, 0.25) is 5.69 Å². The summed E-state index contributed by atoms with van der Waals surface area (Å²) in [6.07, 6.45) is 4.03. The van der Waals surface area contributed by atoms with Crippen LogP contribution in [0.25, 0.3) is 43.6 Å². The monoisotopic (exact) mass is 506 g/mol. The highest BCUT2D eigenvalue weighted by molar-refractivity contribution is 6.13. The molecule has 38 heavy (non-hydrogen) atoms. The number of hydrogen-bond donors (Lipinski definition) is 0. The molecular formula is C35H37FNO+. The molecule has 1 aromatic heterocycles. The minimum Gasteiger partial charge on any atom is -0.455 e. The van der Waals surface area contributed by atoms with Gasteiger partial charge in [-0.1, -0.05) is 59.7 Å². The van der Waals surface area contributed by atoms with Crippen molar-refractivity contribution in [2.75, 3.05) is 0 Å². The molecule has 0 unspecified atom stereocenters. The molecule has 0 saturated heterocycles. The van der Waals surface area contributed by atoms with Gasteiger partial charge in [-0.05, 0) is 87.5 Å². The Kier molecular flexibility index (Phi) is 5.41. The lowest BCUT2D eigenvalue weighted by atomic mass is 9.80. The summed E-state index contributed by atoms with van der Waals surface area (Å²) in [5.74, 6) is 1.54. The molecular weight excluding hydrogens is 469 g/mol. The second-order valence-electron chi connectivity index (χ2n) is 13.6. The highest BCUT2D eigenvalue weighted by atomic mass is 19.1. The van der Waals surface area contributed by atoms with Gasteiger partial charge in [0.15, 0.2) is 6.20 Å². The van der Waals surface area contributed by atoms with Crippen LogP contribution < -0.4 is 9.30 Å². The quantitative estimate of drug-likeness (QED) is 0.168. The fraction of sp³-hybridized carbons (Fsp3) is 0.343. The van der Waals surface area contributed by atoms with Gasteiger partial charge in [-0.2, -0.15) is 0 Å². The number of aromatic nitrogens is 1.